The number of aryl methyl sites for hydroxylation is 2. The Balaban J connectivity index is 2.11. The average Bonchev–Trinajstić information content (AvgIpc) is 3.27. The van der Waals surface area contributed by atoms with Crippen LogP contribution in [0.5, 0.6) is 0 Å². The van der Waals surface area contributed by atoms with Gasteiger partial charge in [-0.2, -0.15) is 0 Å². The van der Waals surface area contributed by atoms with Gasteiger partial charge >= 0.3 is 0 Å². The lowest BCUT2D eigenvalue weighted by Crippen LogP contribution is -2.22. The lowest BCUT2D eigenvalue weighted by atomic mass is 9.93. The Bertz CT molecular complexity index is 1170. The molecule has 0 aliphatic heterocycles. The molecule has 0 spiro atoms. The Hall–Kier alpha value is -2.42. The molecule has 0 bridgehead atoms. The van der Waals surface area contributed by atoms with Gasteiger partial charge in [0.1, 0.15) is 0 Å². The largest absolute Gasteiger partial charge is 0.335 e. The SMILES string of the molecule is CCc1ccc2c(c1)c1c3c(c4c(c1n2C(C)(C)C)CCC4)C(=O)CC3=O. The summed E-state index contributed by atoms with van der Waals surface area (Å²) in [4.78, 5) is 25.6. The second kappa shape index (κ2) is 5.31. The molecule has 27 heavy (non-hydrogen) atoms. The predicted octanol–water partition coefficient (Wildman–Crippen LogP) is 5.37. The first-order valence-corrected chi connectivity index (χ1v) is 10.0. The molecule has 2 aliphatic rings. The van der Waals surface area contributed by atoms with Crippen molar-refractivity contribution >= 4 is 33.4 Å². The molecule has 5 rings (SSSR count). The summed E-state index contributed by atoms with van der Waals surface area (Å²) in [6.07, 6.45) is 3.97. The van der Waals surface area contributed by atoms with Gasteiger partial charge in [-0.05, 0) is 75.3 Å². The summed E-state index contributed by atoms with van der Waals surface area (Å²) in [5, 5.41) is 2.16. The predicted molar refractivity (Wildman–Crippen MR) is 109 cm³/mol. The van der Waals surface area contributed by atoms with E-state index >= 15 is 0 Å². The van der Waals surface area contributed by atoms with Crippen molar-refractivity contribution in [3.63, 3.8) is 0 Å². The van der Waals surface area contributed by atoms with Crippen LogP contribution in [-0.4, -0.2) is 16.1 Å². The maximum absolute atomic E-state index is 12.9. The van der Waals surface area contributed by atoms with Crippen LogP contribution < -0.4 is 0 Å². The molecule has 1 aromatic heterocycles. The summed E-state index contributed by atoms with van der Waals surface area (Å²) < 4.78 is 2.41. The van der Waals surface area contributed by atoms with Gasteiger partial charge in [-0.15, -0.1) is 0 Å². The number of carbonyl (C=O) groups is 2. The molecule has 3 heteroatoms. The van der Waals surface area contributed by atoms with E-state index in [1.54, 1.807) is 0 Å². The number of nitrogens with zero attached hydrogens (tertiary/aromatic N) is 1. The first kappa shape index (κ1) is 16.7. The molecular weight excluding hydrogens is 334 g/mol. The zero-order valence-electron chi connectivity index (χ0n) is 16.5. The van der Waals surface area contributed by atoms with Crippen LogP contribution in [0.3, 0.4) is 0 Å². The number of hydrogen-bond donors (Lipinski definition) is 0. The van der Waals surface area contributed by atoms with Crippen LogP contribution in [0.15, 0.2) is 18.2 Å². The fourth-order valence-electron chi connectivity index (χ4n) is 5.26. The first-order chi connectivity index (χ1) is 12.8. The van der Waals surface area contributed by atoms with Crippen molar-refractivity contribution in [2.45, 2.75) is 65.3 Å². The maximum atomic E-state index is 12.9. The molecule has 0 fully saturated rings. The Morgan fingerprint density at radius 2 is 1.70 bits per heavy atom. The molecule has 0 radical (unpaired) electrons. The number of rotatable bonds is 1. The third kappa shape index (κ3) is 2.08. The highest BCUT2D eigenvalue weighted by Gasteiger charge is 2.38. The molecule has 1 heterocycles. The van der Waals surface area contributed by atoms with Gasteiger partial charge in [0.15, 0.2) is 11.6 Å². The number of hydrogen-bond acceptors (Lipinski definition) is 2. The van der Waals surface area contributed by atoms with Gasteiger partial charge in [-0.1, -0.05) is 13.0 Å². The molecule has 0 saturated carbocycles. The fraction of sp³-hybridized carbons (Fsp3) is 0.417. The van der Waals surface area contributed by atoms with Crippen molar-refractivity contribution < 1.29 is 9.59 Å². The molecule has 2 aromatic carbocycles. The standard InChI is InChI=1S/C24H25NO2/c1-5-13-9-10-17-16(11-13)21-22-19(27)12-18(26)20(22)14-7-6-8-15(14)23(21)25(17)24(2,3)4/h9-11H,5-8,12H2,1-4H3. The van der Waals surface area contributed by atoms with Gasteiger partial charge in [-0.25, -0.2) is 0 Å². The highest BCUT2D eigenvalue weighted by atomic mass is 16.2. The summed E-state index contributed by atoms with van der Waals surface area (Å²) in [5.41, 5.74) is 7.43. The molecule has 138 valence electrons. The van der Waals surface area contributed by atoms with E-state index < -0.39 is 0 Å². The van der Waals surface area contributed by atoms with Gasteiger partial charge in [0, 0.05) is 33.0 Å². The summed E-state index contributed by atoms with van der Waals surface area (Å²) >= 11 is 0. The van der Waals surface area contributed by atoms with E-state index in [2.05, 4.69) is 50.5 Å². The Morgan fingerprint density at radius 1 is 1.00 bits per heavy atom. The first-order valence-electron chi connectivity index (χ1n) is 10.0. The highest BCUT2D eigenvalue weighted by Crippen LogP contribution is 2.46. The molecular formula is C24H25NO2. The third-order valence-electron chi connectivity index (χ3n) is 6.29. The molecule has 0 amide bonds. The molecule has 3 aromatic rings. The van der Waals surface area contributed by atoms with E-state index in [-0.39, 0.29) is 23.5 Å². The summed E-state index contributed by atoms with van der Waals surface area (Å²) in [7, 11) is 0. The van der Waals surface area contributed by atoms with Crippen LogP contribution in [-0.2, 0) is 24.8 Å². The molecule has 2 aliphatic carbocycles. The van der Waals surface area contributed by atoms with Gasteiger partial charge < -0.3 is 4.57 Å². The van der Waals surface area contributed by atoms with E-state index in [4.69, 9.17) is 0 Å². The Morgan fingerprint density at radius 3 is 2.41 bits per heavy atom. The van der Waals surface area contributed by atoms with Crippen molar-refractivity contribution in [3.8, 4) is 0 Å². The monoisotopic (exact) mass is 359 g/mol. The zero-order valence-corrected chi connectivity index (χ0v) is 16.5. The minimum atomic E-state index is -0.107. The Labute approximate surface area is 159 Å². The van der Waals surface area contributed by atoms with Crippen molar-refractivity contribution in [1.82, 2.24) is 4.57 Å². The zero-order chi connectivity index (χ0) is 19.1. The maximum Gasteiger partial charge on any atom is 0.172 e. The van der Waals surface area contributed by atoms with Crippen LogP contribution in [0.2, 0.25) is 0 Å². The minimum Gasteiger partial charge on any atom is -0.335 e. The van der Waals surface area contributed by atoms with Crippen LogP contribution in [0.1, 0.15) is 77.9 Å². The van der Waals surface area contributed by atoms with E-state index in [1.165, 1.54) is 22.2 Å². The van der Waals surface area contributed by atoms with E-state index in [1.807, 2.05) is 0 Å². The smallest absolute Gasteiger partial charge is 0.172 e. The van der Waals surface area contributed by atoms with Crippen molar-refractivity contribution in [1.29, 1.82) is 0 Å². The van der Waals surface area contributed by atoms with E-state index in [0.717, 1.165) is 47.6 Å². The number of aromatic nitrogens is 1. The number of Topliss-reactive ketones (excluding diaryl/α,β-unsaturated/α-hetero) is 2. The lowest BCUT2D eigenvalue weighted by molar-refractivity contribution is 0.0923. The highest BCUT2D eigenvalue weighted by molar-refractivity contribution is 6.33. The minimum absolute atomic E-state index is 0.00422. The second-order valence-corrected chi connectivity index (χ2v) is 9.02. The van der Waals surface area contributed by atoms with Crippen molar-refractivity contribution in [3.05, 3.63) is 46.0 Å². The summed E-state index contributed by atoms with van der Waals surface area (Å²) in [6.45, 7) is 8.82. The fourth-order valence-corrected chi connectivity index (χ4v) is 5.26. The number of benzene rings is 2. The van der Waals surface area contributed by atoms with Crippen molar-refractivity contribution in [2.75, 3.05) is 0 Å². The summed E-state index contributed by atoms with van der Waals surface area (Å²) in [5.74, 6) is 0.0305. The number of fused-ring (bicyclic) bond motifs is 8. The topological polar surface area (TPSA) is 39.1 Å². The number of ketones is 2. The van der Waals surface area contributed by atoms with Crippen LogP contribution >= 0.6 is 0 Å². The van der Waals surface area contributed by atoms with Gasteiger partial charge in [0.2, 0.25) is 0 Å². The van der Waals surface area contributed by atoms with E-state index in [0.29, 0.717) is 5.56 Å². The molecule has 0 unspecified atom stereocenters. The lowest BCUT2D eigenvalue weighted by Gasteiger charge is -2.25. The van der Waals surface area contributed by atoms with E-state index in [9.17, 15) is 9.59 Å². The van der Waals surface area contributed by atoms with Gasteiger partial charge in [-0.3, -0.25) is 9.59 Å². The molecule has 0 atom stereocenters. The molecule has 3 nitrogen and oxygen atoms in total. The molecule has 0 saturated heterocycles. The second-order valence-electron chi connectivity index (χ2n) is 9.02. The van der Waals surface area contributed by atoms with Crippen LogP contribution in [0, 0.1) is 0 Å². The average molecular weight is 359 g/mol. The molecule has 0 N–H and O–H groups in total. The van der Waals surface area contributed by atoms with Crippen molar-refractivity contribution in [2.24, 2.45) is 0 Å². The third-order valence-corrected chi connectivity index (χ3v) is 6.29. The van der Waals surface area contributed by atoms with Crippen LogP contribution in [0.4, 0.5) is 0 Å². The van der Waals surface area contributed by atoms with Crippen LogP contribution in [0.25, 0.3) is 21.8 Å². The quantitative estimate of drug-likeness (QED) is 0.548. The van der Waals surface area contributed by atoms with Gasteiger partial charge in [0.05, 0.1) is 11.9 Å². The Kier molecular flexibility index (Phi) is 3.29. The number of carbonyl (C=O) groups excluding carboxylic acids is 2. The normalized spacial score (nSPS) is 16.6. The van der Waals surface area contributed by atoms with Gasteiger partial charge in [0.25, 0.3) is 0 Å². The summed E-state index contributed by atoms with van der Waals surface area (Å²) in [6, 6.07) is 6.63.